The molecular formula is C20H17ClFNO4. The molecule has 0 bridgehead atoms. The predicted octanol–water partition coefficient (Wildman–Crippen LogP) is 4.96. The number of aromatic nitrogens is 1. The fraction of sp³-hybridized carbons (Fsp3) is 0.200. The molecule has 0 aliphatic carbocycles. The minimum atomic E-state index is -1.16. The first-order chi connectivity index (χ1) is 13.0. The topological polar surface area (TPSA) is 68.7 Å². The highest BCUT2D eigenvalue weighted by Gasteiger charge is 2.12. The monoisotopic (exact) mass is 389 g/mol. The number of carboxylic acid groups (broad SMARTS) is 1. The lowest BCUT2D eigenvalue weighted by atomic mass is 10.1. The number of unbranched alkanes of at least 4 members (excludes halogenated alkanes) is 1. The number of rotatable bonds is 8. The molecule has 27 heavy (non-hydrogen) atoms. The van der Waals surface area contributed by atoms with Crippen molar-refractivity contribution in [2.75, 3.05) is 13.2 Å². The van der Waals surface area contributed by atoms with Crippen molar-refractivity contribution in [1.82, 2.24) is 4.98 Å². The molecule has 1 aromatic heterocycles. The summed E-state index contributed by atoms with van der Waals surface area (Å²) >= 11 is 5.82. The molecule has 0 unspecified atom stereocenters. The molecule has 140 valence electrons. The Kier molecular flexibility index (Phi) is 6.08. The molecule has 0 aliphatic rings. The fourth-order valence-electron chi connectivity index (χ4n) is 2.50. The second kappa shape index (κ2) is 8.68. The number of hydrogen-bond donors (Lipinski definition) is 1. The van der Waals surface area contributed by atoms with Gasteiger partial charge in [-0.2, -0.15) is 0 Å². The highest BCUT2D eigenvalue weighted by atomic mass is 35.5. The number of carboxylic acids is 1. The van der Waals surface area contributed by atoms with Crippen molar-refractivity contribution >= 4 is 28.5 Å². The summed E-state index contributed by atoms with van der Waals surface area (Å²) in [6, 6.07) is 12.4. The summed E-state index contributed by atoms with van der Waals surface area (Å²) in [5.41, 5.74) is 0.229. The van der Waals surface area contributed by atoms with Gasteiger partial charge in [-0.05, 0) is 55.3 Å². The van der Waals surface area contributed by atoms with Gasteiger partial charge in [-0.25, -0.2) is 14.2 Å². The zero-order chi connectivity index (χ0) is 19.2. The van der Waals surface area contributed by atoms with Gasteiger partial charge < -0.3 is 14.6 Å². The van der Waals surface area contributed by atoms with E-state index in [0.29, 0.717) is 41.3 Å². The largest absolute Gasteiger partial charge is 0.494 e. The van der Waals surface area contributed by atoms with Crippen LogP contribution in [0.15, 0.2) is 48.5 Å². The number of pyridine rings is 1. The molecular weight excluding hydrogens is 373 g/mol. The molecule has 0 radical (unpaired) electrons. The molecule has 3 rings (SSSR count). The summed E-state index contributed by atoms with van der Waals surface area (Å²) in [7, 11) is 0. The van der Waals surface area contributed by atoms with Crippen molar-refractivity contribution in [3.8, 4) is 11.5 Å². The van der Waals surface area contributed by atoms with Crippen molar-refractivity contribution in [1.29, 1.82) is 0 Å². The van der Waals surface area contributed by atoms with E-state index in [1.54, 1.807) is 24.3 Å². The maximum atomic E-state index is 13.5. The minimum absolute atomic E-state index is 0.143. The number of carbonyl (C=O) groups is 1. The smallest absolute Gasteiger partial charge is 0.354 e. The number of ether oxygens (including phenoxy) is 2. The van der Waals surface area contributed by atoms with E-state index in [4.69, 9.17) is 21.1 Å². The van der Waals surface area contributed by atoms with Gasteiger partial charge in [0.05, 0.1) is 18.7 Å². The van der Waals surface area contributed by atoms with Crippen molar-refractivity contribution < 1.29 is 23.8 Å². The Hall–Kier alpha value is -2.86. The van der Waals surface area contributed by atoms with E-state index in [9.17, 15) is 14.3 Å². The number of fused-ring (bicyclic) bond motifs is 1. The Morgan fingerprint density at radius 3 is 2.44 bits per heavy atom. The van der Waals surface area contributed by atoms with Crippen molar-refractivity contribution in [3.63, 3.8) is 0 Å². The van der Waals surface area contributed by atoms with Gasteiger partial charge >= 0.3 is 5.97 Å². The summed E-state index contributed by atoms with van der Waals surface area (Å²) in [6.45, 7) is 0.857. The Morgan fingerprint density at radius 2 is 1.74 bits per heavy atom. The molecule has 0 fully saturated rings. The van der Waals surface area contributed by atoms with E-state index in [-0.39, 0.29) is 5.69 Å². The molecule has 0 amide bonds. The van der Waals surface area contributed by atoms with E-state index in [2.05, 4.69) is 4.98 Å². The number of nitrogens with zero attached hydrogens (tertiary/aromatic N) is 1. The zero-order valence-corrected chi connectivity index (χ0v) is 15.1. The van der Waals surface area contributed by atoms with Gasteiger partial charge in [-0.1, -0.05) is 11.6 Å². The lowest BCUT2D eigenvalue weighted by Gasteiger charge is -2.11. The van der Waals surface area contributed by atoms with Crippen LogP contribution in [-0.4, -0.2) is 29.3 Å². The van der Waals surface area contributed by atoms with E-state index in [1.807, 2.05) is 0 Å². The number of benzene rings is 2. The van der Waals surface area contributed by atoms with E-state index in [0.717, 1.165) is 12.2 Å². The van der Waals surface area contributed by atoms with Gasteiger partial charge in [0.15, 0.2) is 5.69 Å². The zero-order valence-electron chi connectivity index (χ0n) is 14.3. The van der Waals surface area contributed by atoms with Gasteiger partial charge in [0.2, 0.25) is 0 Å². The number of aromatic carboxylic acids is 1. The normalized spacial score (nSPS) is 10.7. The molecule has 1 N–H and O–H groups in total. The van der Waals surface area contributed by atoms with Crippen LogP contribution in [0.25, 0.3) is 10.9 Å². The fourth-order valence-corrected chi connectivity index (χ4v) is 2.63. The SMILES string of the molecule is O=C(O)c1cc(OCCCCOc2ccc(Cl)cc2)c2cc(F)ccc2n1. The van der Waals surface area contributed by atoms with Crippen LogP contribution in [0.2, 0.25) is 5.02 Å². The van der Waals surface area contributed by atoms with Crippen LogP contribution in [0.1, 0.15) is 23.3 Å². The summed E-state index contributed by atoms with van der Waals surface area (Å²) in [4.78, 5) is 15.2. The Labute approximate surface area is 160 Å². The minimum Gasteiger partial charge on any atom is -0.494 e. The molecule has 5 nitrogen and oxygen atoms in total. The van der Waals surface area contributed by atoms with Gasteiger partial charge in [-0.15, -0.1) is 0 Å². The van der Waals surface area contributed by atoms with Gasteiger partial charge in [0.1, 0.15) is 17.3 Å². The second-order valence-electron chi connectivity index (χ2n) is 5.83. The summed E-state index contributed by atoms with van der Waals surface area (Å²) in [5, 5.41) is 10.3. The van der Waals surface area contributed by atoms with Crippen LogP contribution in [0.4, 0.5) is 4.39 Å². The standard InChI is InChI=1S/C20H17ClFNO4/c21-13-3-6-15(7-4-13)26-9-1-2-10-27-19-12-18(20(24)25)23-17-8-5-14(22)11-16(17)19/h3-8,11-12H,1-2,9-10H2,(H,24,25). The van der Waals surface area contributed by atoms with Crippen molar-refractivity contribution in [2.45, 2.75) is 12.8 Å². The van der Waals surface area contributed by atoms with Crippen LogP contribution in [0.5, 0.6) is 11.5 Å². The van der Waals surface area contributed by atoms with Crippen molar-refractivity contribution in [2.24, 2.45) is 0 Å². The molecule has 0 atom stereocenters. The van der Waals surface area contributed by atoms with Crippen LogP contribution in [0, 0.1) is 5.82 Å². The third-order valence-corrected chi connectivity index (χ3v) is 4.08. The van der Waals surface area contributed by atoms with E-state index < -0.39 is 11.8 Å². The van der Waals surface area contributed by atoms with Crippen molar-refractivity contribution in [3.05, 3.63) is 65.1 Å². The molecule has 3 aromatic rings. The summed E-state index contributed by atoms with van der Waals surface area (Å²) in [5.74, 6) is -0.562. The number of halogens is 2. The summed E-state index contributed by atoms with van der Waals surface area (Å²) < 4.78 is 24.8. The molecule has 1 heterocycles. The molecule has 2 aromatic carbocycles. The van der Waals surface area contributed by atoms with Crippen LogP contribution in [-0.2, 0) is 0 Å². The third-order valence-electron chi connectivity index (χ3n) is 3.83. The van der Waals surface area contributed by atoms with Crippen LogP contribution >= 0.6 is 11.6 Å². The van der Waals surface area contributed by atoms with Gasteiger partial charge in [0.25, 0.3) is 0 Å². The van der Waals surface area contributed by atoms with E-state index >= 15 is 0 Å². The molecule has 7 heteroatoms. The molecule has 0 saturated carbocycles. The highest BCUT2D eigenvalue weighted by molar-refractivity contribution is 6.30. The number of hydrogen-bond acceptors (Lipinski definition) is 4. The predicted molar refractivity (Wildman–Crippen MR) is 100 cm³/mol. The van der Waals surface area contributed by atoms with Gasteiger partial charge in [0, 0.05) is 16.5 Å². The lowest BCUT2D eigenvalue weighted by Crippen LogP contribution is -2.05. The highest BCUT2D eigenvalue weighted by Crippen LogP contribution is 2.26. The average molecular weight is 390 g/mol. The maximum Gasteiger partial charge on any atom is 0.354 e. The summed E-state index contributed by atoms with van der Waals surface area (Å²) in [6.07, 6.45) is 1.43. The first-order valence-electron chi connectivity index (χ1n) is 8.38. The second-order valence-corrected chi connectivity index (χ2v) is 6.27. The van der Waals surface area contributed by atoms with E-state index in [1.165, 1.54) is 24.3 Å². The Bertz CT molecular complexity index is 947. The first kappa shape index (κ1) is 18.9. The molecule has 0 aliphatic heterocycles. The molecule has 0 saturated heterocycles. The van der Waals surface area contributed by atoms with Crippen LogP contribution < -0.4 is 9.47 Å². The van der Waals surface area contributed by atoms with Gasteiger partial charge in [-0.3, -0.25) is 0 Å². The first-order valence-corrected chi connectivity index (χ1v) is 8.75. The Balaban J connectivity index is 1.57. The van der Waals surface area contributed by atoms with Crippen LogP contribution in [0.3, 0.4) is 0 Å². The quantitative estimate of drug-likeness (QED) is 0.551. The lowest BCUT2D eigenvalue weighted by molar-refractivity contribution is 0.0690. The Morgan fingerprint density at radius 1 is 1.04 bits per heavy atom. The average Bonchev–Trinajstić information content (AvgIpc) is 2.65. The molecule has 0 spiro atoms. The third kappa shape index (κ3) is 5.08. The maximum absolute atomic E-state index is 13.5.